The molecule has 0 radical (unpaired) electrons. The average Bonchev–Trinajstić information content (AvgIpc) is 2.61. The van der Waals surface area contributed by atoms with E-state index in [1.807, 2.05) is 31.2 Å². The van der Waals surface area contributed by atoms with Crippen LogP contribution in [0.15, 0.2) is 28.7 Å². The van der Waals surface area contributed by atoms with Crippen molar-refractivity contribution in [3.8, 4) is 0 Å². The van der Waals surface area contributed by atoms with Gasteiger partial charge in [0.1, 0.15) is 17.1 Å². The molecule has 1 aromatic carbocycles. The molecule has 4 heteroatoms. The summed E-state index contributed by atoms with van der Waals surface area (Å²) in [5.74, 6) is 0.645. The largest absolute Gasteiger partial charge is 0.460 e. The first kappa shape index (κ1) is 11.2. The zero-order valence-electron chi connectivity index (χ0n) is 9.36. The number of aryl methyl sites for hydroxylation is 1. The molecule has 0 atom stereocenters. The highest BCUT2D eigenvalue weighted by molar-refractivity contribution is 7.90. The first-order valence-corrected chi connectivity index (χ1v) is 7.02. The lowest BCUT2D eigenvalue weighted by molar-refractivity contribution is 0.555. The third-order valence-electron chi connectivity index (χ3n) is 2.63. The first-order valence-electron chi connectivity index (χ1n) is 5.20. The number of hydrogen-bond donors (Lipinski definition) is 0. The minimum atomic E-state index is -3.03. The molecule has 1 aromatic heterocycles. The SMILES string of the molecule is CCS(=O)(=O)Cc1cc2c(C)cccc2o1. The molecule has 0 saturated carbocycles. The van der Waals surface area contributed by atoms with Gasteiger partial charge in [-0.2, -0.15) is 0 Å². The normalized spacial score (nSPS) is 12.1. The molecule has 0 aliphatic carbocycles. The van der Waals surface area contributed by atoms with Crippen molar-refractivity contribution in [1.29, 1.82) is 0 Å². The van der Waals surface area contributed by atoms with Gasteiger partial charge in [-0.15, -0.1) is 0 Å². The maximum absolute atomic E-state index is 11.5. The number of fused-ring (bicyclic) bond motifs is 1. The van der Waals surface area contributed by atoms with E-state index in [1.54, 1.807) is 6.92 Å². The van der Waals surface area contributed by atoms with Crippen LogP contribution in [0.4, 0.5) is 0 Å². The van der Waals surface area contributed by atoms with Crippen LogP contribution in [0.1, 0.15) is 18.2 Å². The summed E-state index contributed by atoms with van der Waals surface area (Å²) in [6.45, 7) is 3.62. The van der Waals surface area contributed by atoms with Gasteiger partial charge in [0.2, 0.25) is 0 Å². The van der Waals surface area contributed by atoms with Crippen LogP contribution >= 0.6 is 0 Å². The van der Waals surface area contributed by atoms with Gasteiger partial charge in [0.25, 0.3) is 0 Å². The maximum Gasteiger partial charge on any atom is 0.157 e. The highest BCUT2D eigenvalue weighted by Crippen LogP contribution is 2.23. The Morgan fingerprint density at radius 1 is 1.31 bits per heavy atom. The molecule has 16 heavy (non-hydrogen) atoms. The van der Waals surface area contributed by atoms with Gasteiger partial charge < -0.3 is 4.42 Å². The van der Waals surface area contributed by atoms with Crippen molar-refractivity contribution in [2.45, 2.75) is 19.6 Å². The lowest BCUT2D eigenvalue weighted by Crippen LogP contribution is -2.05. The van der Waals surface area contributed by atoms with Crippen molar-refractivity contribution in [1.82, 2.24) is 0 Å². The van der Waals surface area contributed by atoms with Gasteiger partial charge in [0.05, 0.1) is 0 Å². The molecule has 0 aliphatic rings. The van der Waals surface area contributed by atoms with Gasteiger partial charge in [-0.25, -0.2) is 8.42 Å². The van der Waals surface area contributed by atoms with E-state index in [2.05, 4.69) is 0 Å². The number of benzene rings is 1. The first-order chi connectivity index (χ1) is 7.52. The quantitative estimate of drug-likeness (QED) is 0.826. The van der Waals surface area contributed by atoms with Crippen LogP contribution in [-0.4, -0.2) is 14.2 Å². The average molecular weight is 238 g/mol. The van der Waals surface area contributed by atoms with Crippen LogP contribution in [-0.2, 0) is 15.6 Å². The van der Waals surface area contributed by atoms with Crippen LogP contribution in [0.25, 0.3) is 11.0 Å². The number of sulfone groups is 1. The number of rotatable bonds is 3. The third-order valence-corrected chi connectivity index (χ3v) is 4.24. The summed E-state index contributed by atoms with van der Waals surface area (Å²) in [4.78, 5) is 0. The fourth-order valence-electron chi connectivity index (χ4n) is 1.65. The fourth-order valence-corrected chi connectivity index (χ4v) is 2.43. The van der Waals surface area contributed by atoms with E-state index in [9.17, 15) is 8.42 Å². The lowest BCUT2D eigenvalue weighted by Gasteiger charge is -1.95. The lowest BCUT2D eigenvalue weighted by atomic mass is 10.1. The molecule has 0 bridgehead atoms. The molecule has 0 saturated heterocycles. The molecule has 0 spiro atoms. The number of hydrogen-bond acceptors (Lipinski definition) is 3. The highest BCUT2D eigenvalue weighted by atomic mass is 32.2. The molecule has 3 nitrogen and oxygen atoms in total. The van der Waals surface area contributed by atoms with Gasteiger partial charge in [-0.05, 0) is 24.6 Å². The Kier molecular flexibility index (Phi) is 2.76. The monoisotopic (exact) mass is 238 g/mol. The van der Waals surface area contributed by atoms with Crippen molar-refractivity contribution in [2.24, 2.45) is 0 Å². The molecular formula is C12H14O3S. The van der Waals surface area contributed by atoms with E-state index >= 15 is 0 Å². The highest BCUT2D eigenvalue weighted by Gasteiger charge is 2.13. The zero-order valence-corrected chi connectivity index (χ0v) is 10.2. The zero-order chi connectivity index (χ0) is 11.8. The predicted molar refractivity (Wildman–Crippen MR) is 64.1 cm³/mol. The van der Waals surface area contributed by atoms with Crippen molar-refractivity contribution < 1.29 is 12.8 Å². The summed E-state index contributed by atoms with van der Waals surface area (Å²) in [6, 6.07) is 7.55. The minimum absolute atomic E-state index is 0.0162. The molecule has 0 unspecified atom stereocenters. The second-order valence-corrected chi connectivity index (χ2v) is 6.23. The molecule has 2 aromatic rings. The Labute approximate surface area is 95.0 Å². The van der Waals surface area contributed by atoms with Crippen LogP contribution in [0, 0.1) is 6.92 Å². The Morgan fingerprint density at radius 3 is 2.69 bits per heavy atom. The summed E-state index contributed by atoms with van der Waals surface area (Å²) >= 11 is 0. The van der Waals surface area contributed by atoms with Crippen LogP contribution in [0.2, 0.25) is 0 Å². The van der Waals surface area contributed by atoms with Crippen molar-refractivity contribution in [3.05, 3.63) is 35.6 Å². The maximum atomic E-state index is 11.5. The van der Waals surface area contributed by atoms with Crippen LogP contribution < -0.4 is 0 Å². The molecule has 1 heterocycles. The standard InChI is InChI=1S/C12H14O3S/c1-3-16(13,14)8-10-7-11-9(2)5-4-6-12(11)15-10/h4-7H,3,8H2,1-2H3. The van der Waals surface area contributed by atoms with E-state index in [0.717, 1.165) is 16.5 Å². The van der Waals surface area contributed by atoms with E-state index in [4.69, 9.17) is 4.42 Å². The molecule has 2 rings (SSSR count). The molecule has 0 amide bonds. The van der Waals surface area contributed by atoms with E-state index in [-0.39, 0.29) is 11.5 Å². The third kappa shape index (κ3) is 2.11. The molecule has 0 N–H and O–H groups in total. The van der Waals surface area contributed by atoms with E-state index in [0.29, 0.717) is 5.76 Å². The predicted octanol–water partition coefficient (Wildman–Crippen LogP) is 2.68. The minimum Gasteiger partial charge on any atom is -0.460 e. The van der Waals surface area contributed by atoms with Gasteiger partial charge >= 0.3 is 0 Å². The molecule has 0 aliphatic heterocycles. The van der Waals surface area contributed by atoms with Crippen molar-refractivity contribution >= 4 is 20.8 Å². The topological polar surface area (TPSA) is 47.3 Å². The van der Waals surface area contributed by atoms with Crippen LogP contribution in [0.3, 0.4) is 0 Å². The Morgan fingerprint density at radius 2 is 2.06 bits per heavy atom. The molecular weight excluding hydrogens is 224 g/mol. The fraction of sp³-hybridized carbons (Fsp3) is 0.333. The van der Waals surface area contributed by atoms with Crippen molar-refractivity contribution in [2.75, 3.05) is 5.75 Å². The van der Waals surface area contributed by atoms with Gasteiger partial charge in [0.15, 0.2) is 9.84 Å². The second kappa shape index (κ2) is 3.94. The summed E-state index contributed by atoms with van der Waals surface area (Å²) in [7, 11) is -3.03. The van der Waals surface area contributed by atoms with Gasteiger partial charge in [-0.1, -0.05) is 19.1 Å². The Bertz CT molecular complexity index is 608. The van der Waals surface area contributed by atoms with E-state index < -0.39 is 9.84 Å². The van der Waals surface area contributed by atoms with E-state index in [1.165, 1.54) is 0 Å². The second-order valence-electron chi connectivity index (χ2n) is 3.88. The summed E-state index contributed by atoms with van der Waals surface area (Å²) in [5.41, 5.74) is 1.85. The Balaban J connectivity index is 2.45. The smallest absolute Gasteiger partial charge is 0.157 e. The molecule has 0 fully saturated rings. The van der Waals surface area contributed by atoms with Gasteiger partial charge in [0, 0.05) is 11.1 Å². The summed E-state index contributed by atoms with van der Waals surface area (Å²) in [5, 5.41) is 0.990. The van der Waals surface area contributed by atoms with Crippen molar-refractivity contribution in [3.63, 3.8) is 0 Å². The van der Waals surface area contributed by atoms with Gasteiger partial charge in [-0.3, -0.25) is 0 Å². The number of furan rings is 1. The molecule has 86 valence electrons. The summed E-state index contributed by atoms with van der Waals surface area (Å²) < 4.78 is 28.4. The Hall–Kier alpha value is -1.29. The summed E-state index contributed by atoms with van der Waals surface area (Å²) in [6.07, 6.45) is 0. The van der Waals surface area contributed by atoms with Crippen LogP contribution in [0.5, 0.6) is 0 Å².